The minimum absolute atomic E-state index is 0.798. The molecule has 0 spiro atoms. The van der Waals surface area contributed by atoms with E-state index in [1.165, 1.54) is 19.3 Å². The van der Waals surface area contributed by atoms with Gasteiger partial charge in [0.1, 0.15) is 5.75 Å². The van der Waals surface area contributed by atoms with E-state index in [1.807, 2.05) is 24.3 Å². The largest absolute Gasteiger partial charge is 0.492 e. The van der Waals surface area contributed by atoms with Crippen molar-refractivity contribution in [1.82, 2.24) is 0 Å². The third-order valence-corrected chi connectivity index (χ3v) is 3.19. The number of hydrogen-bond acceptors (Lipinski definition) is 1. The Morgan fingerprint density at radius 1 is 1.31 bits per heavy atom. The molecule has 0 N–H and O–H groups in total. The molecule has 0 aromatic heterocycles. The van der Waals surface area contributed by atoms with Crippen LogP contribution >= 0.6 is 15.9 Å². The van der Waals surface area contributed by atoms with Crippen LogP contribution in [0.3, 0.4) is 0 Å². The highest BCUT2D eigenvalue weighted by atomic mass is 79.9. The van der Waals surface area contributed by atoms with Gasteiger partial charge in [-0.15, -0.1) is 0 Å². The minimum atomic E-state index is 0.798. The summed E-state index contributed by atoms with van der Waals surface area (Å²) in [6, 6.07) is 8.01. The minimum Gasteiger partial charge on any atom is -0.492 e. The smallest absolute Gasteiger partial charge is 0.133 e. The summed E-state index contributed by atoms with van der Waals surface area (Å²) in [6.45, 7) is 0.878. The lowest BCUT2D eigenvalue weighted by molar-refractivity contribution is 0.180. The predicted octanol–water partition coefficient (Wildman–Crippen LogP) is 3.63. The first-order chi connectivity index (χ1) is 6.36. The molecule has 1 nitrogen and oxygen atoms in total. The van der Waals surface area contributed by atoms with Gasteiger partial charge in [0.05, 0.1) is 11.1 Å². The van der Waals surface area contributed by atoms with Crippen molar-refractivity contribution in [3.05, 3.63) is 28.7 Å². The second-order valence-corrected chi connectivity index (χ2v) is 4.39. The normalized spacial score (nSPS) is 16.7. The quantitative estimate of drug-likeness (QED) is 0.785. The third kappa shape index (κ3) is 2.25. The lowest BCUT2D eigenvalue weighted by Crippen LogP contribution is -2.19. The molecule has 0 saturated heterocycles. The number of hydrogen-bond donors (Lipinski definition) is 0. The highest BCUT2D eigenvalue weighted by Gasteiger charge is 2.18. The van der Waals surface area contributed by atoms with Crippen molar-refractivity contribution in [2.45, 2.75) is 19.3 Å². The van der Waals surface area contributed by atoms with E-state index in [-0.39, 0.29) is 0 Å². The molecule has 70 valence electrons. The molecule has 1 aromatic carbocycles. The van der Waals surface area contributed by atoms with Crippen molar-refractivity contribution in [3.8, 4) is 5.75 Å². The summed E-state index contributed by atoms with van der Waals surface area (Å²) < 4.78 is 6.74. The summed E-state index contributed by atoms with van der Waals surface area (Å²) in [5.41, 5.74) is 0. The van der Waals surface area contributed by atoms with Gasteiger partial charge in [0.15, 0.2) is 0 Å². The third-order valence-electron chi connectivity index (χ3n) is 2.54. The van der Waals surface area contributed by atoms with Gasteiger partial charge in [-0.05, 0) is 46.8 Å². The van der Waals surface area contributed by atoms with Crippen LogP contribution in [0.2, 0.25) is 0 Å². The van der Waals surface area contributed by atoms with E-state index < -0.39 is 0 Å². The first-order valence-corrected chi connectivity index (χ1v) is 5.53. The molecular weight excluding hydrogens is 228 g/mol. The fraction of sp³-hybridized carbons (Fsp3) is 0.455. The van der Waals surface area contributed by atoms with Crippen LogP contribution in [0.25, 0.3) is 0 Å². The maximum absolute atomic E-state index is 5.69. The van der Waals surface area contributed by atoms with Crippen LogP contribution in [0.1, 0.15) is 19.3 Å². The average Bonchev–Trinajstić information content (AvgIpc) is 2.05. The van der Waals surface area contributed by atoms with Crippen molar-refractivity contribution in [3.63, 3.8) is 0 Å². The molecular formula is C11H13BrO. The number of ether oxygens (including phenoxy) is 1. The van der Waals surface area contributed by atoms with Crippen LogP contribution in [0.5, 0.6) is 5.75 Å². The summed E-state index contributed by atoms with van der Waals surface area (Å²) in [6.07, 6.45) is 4.05. The van der Waals surface area contributed by atoms with Crippen LogP contribution < -0.4 is 4.74 Å². The number of para-hydroxylation sites is 1. The molecule has 1 aliphatic rings. The van der Waals surface area contributed by atoms with Gasteiger partial charge in [-0.2, -0.15) is 0 Å². The Morgan fingerprint density at radius 3 is 2.69 bits per heavy atom. The van der Waals surface area contributed by atoms with E-state index >= 15 is 0 Å². The molecule has 0 unspecified atom stereocenters. The monoisotopic (exact) mass is 240 g/mol. The molecule has 1 aliphatic carbocycles. The Morgan fingerprint density at radius 2 is 2.08 bits per heavy atom. The van der Waals surface area contributed by atoms with Crippen LogP contribution in [0, 0.1) is 5.92 Å². The van der Waals surface area contributed by atoms with Gasteiger partial charge >= 0.3 is 0 Å². The zero-order valence-electron chi connectivity index (χ0n) is 7.50. The van der Waals surface area contributed by atoms with E-state index in [0.717, 1.165) is 22.7 Å². The molecule has 0 heterocycles. The Hall–Kier alpha value is -0.500. The van der Waals surface area contributed by atoms with Gasteiger partial charge in [0, 0.05) is 0 Å². The van der Waals surface area contributed by atoms with Crippen LogP contribution in [0.15, 0.2) is 28.7 Å². The molecule has 0 amide bonds. The maximum Gasteiger partial charge on any atom is 0.133 e. The highest BCUT2D eigenvalue weighted by molar-refractivity contribution is 9.10. The van der Waals surface area contributed by atoms with Crippen molar-refractivity contribution >= 4 is 15.9 Å². The Balaban J connectivity index is 1.89. The summed E-state index contributed by atoms with van der Waals surface area (Å²) in [5, 5.41) is 0. The molecule has 0 atom stereocenters. The second-order valence-electron chi connectivity index (χ2n) is 3.54. The van der Waals surface area contributed by atoms with Gasteiger partial charge in [-0.1, -0.05) is 18.6 Å². The SMILES string of the molecule is Brc1ccccc1OCC1CCC1. The molecule has 1 saturated carbocycles. The van der Waals surface area contributed by atoms with E-state index in [0.29, 0.717) is 0 Å². The summed E-state index contributed by atoms with van der Waals surface area (Å²) in [7, 11) is 0. The van der Waals surface area contributed by atoms with Crippen molar-refractivity contribution in [1.29, 1.82) is 0 Å². The Bertz CT molecular complexity index is 281. The highest BCUT2D eigenvalue weighted by Crippen LogP contribution is 2.29. The molecule has 0 radical (unpaired) electrons. The van der Waals surface area contributed by atoms with Gasteiger partial charge in [0.2, 0.25) is 0 Å². The average molecular weight is 241 g/mol. The molecule has 13 heavy (non-hydrogen) atoms. The number of benzene rings is 1. The summed E-state index contributed by atoms with van der Waals surface area (Å²) in [4.78, 5) is 0. The fourth-order valence-electron chi connectivity index (χ4n) is 1.43. The molecule has 1 fully saturated rings. The fourth-order valence-corrected chi connectivity index (χ4v) is 1.83. The zero-order valence-corrected chi connectivity index (χ0v) is 9.09. The van der Waals surface area contributed by atoms with Gasteiger partial charge in [0.25, 0.3) is 0 Å². The topological polar surface area (TPSA) is 9.23 Å². The second kappa shape index (κ2) is 4.14. The van der Waals surface area contributed by atoms with E-state index in [1.54, 1.807) is 0 Å². The lowest BCUT2D eigenvalue weighted by atomic mass is 9.86. The molecule has 0 bridgehead atoms. The van der Waals surface area contributed by atoms with E-state index in [4.69, 9.17) is 4.74 Å². The van der Waals surface area contributed by atoms with Crippen LogP contribution in [-0.4, -0.2) is 6.61 Å². The summed E-state index contributed by atoms with van der Waals surface area (Å²) in [5.74, 6) is 1.77. The van der Waals surface area contributed by atoms with Crippen molar-refractivity contribution in [2.75, 3.05) is 6.61 Å². The zero-order chi connectivity index (χ0) is 9.10. The predicted molar refractivity (Wildman–Crippen MR) is 57.0 cm³/mol. The van der Waals surface area contributed by atoms with Crippen LogP contribution in [0.4, 0.5) is 0 Å². The molecule has 0 aliphatic heterocycles. The molecule has 1 aromatic rings. The van der Waals surface area contributed by atoms with Crippen molar-refractivity contribution in [2.24, 2.45) is 5.92 Å². The number of halogens is 1. The molecule has 2 rings (SSSR count). The summed E-state index contributed by atoms with van der Waals surface area (Å²) >= 11 is 3.46. The van der Waals surface area contributed by atoms with Crippen LogP contribution in [-0.2, 0) is 0 Å². The first kappa shape index (κ1) is 9.07. The van der Waals surface area contributed by atoms with E-state index in [9.17, 15) is 0 Å². The first-order valence-electron chi connectivity index (χ1n) is 4.73. The Labute approximate surface area is 87.2 Å². The van der Waals surface area contributed by atoms with Crippen molar-refractivity contribution < 1.29 is 4.74 Å². The maximum atomic E-state index is 5.69. The van der Waals surface area contributed by atoms with E-state index in [2.05, 4.69) is 15.9 Å². The molecule has 2 heteroatoms. The van der Waals surface area contributed by atoms with Gasteiger partial charge < -0.3 is 4.74 Å². The standard InChI is InChI=1S/C11H13BrO/c12-10-6-1-2-7-11(10)13-8-9-4-3-5-9/h1-2,6-7,9H,3-5,8H2. The van der Waals surface area contributed by atoms with Gasteiger partial charge in [-0.3, -0.25) is 0 Å². The Kier molecular flexibility index (Phi) is 2.89. The number of rotatable bonds is 3. The van der Waals surface area contributed by atoms with Gasteiger partial charge in [-0.25, -0.2) is 0 Å². The lowest BCUT2D eigenvalue weighted by Gasteiger charge is -2.25.